The van der Waals surface area contributed by atoms with Gasteiger partial charge in [0.25, 0.3) is 0 Å². The third kappa shape index (κ3) is 3.92. The summed E-state index contributed by atoms with van der Waals surface area (Å²) < 4.78 is 13.7. The number of halogens is 1. The van der Waals surface area contributed by atoms with Crippen molar-refractivity contribution in [2.24, 2.45) is 10.8 Å². The molecule has 1 aromatic carbocycles. The molecular weight excluding hydrogens is 243 g/mol. The third-order valence-electron chi connectivity index (χ3n) is 3.40. The number of aryl methyl sites for hydroxylation is 1. The zero-order chi connectivity index (χ0) is 13.7. The molecule has 0 amide bonds. The number of nitrogens with one attached hydrogen (secondary N) is 2. The smallest absolute Gasteiger partial charge is 0.210 e. The fourth-order valence-electron chi connectivity index (χ4n) is 2.35. The lowest BCUT2D eigenvalue weighted by atomic mass is 9.96. The minimum absolute atomic E-state index is 0.279. The zero-order valence-electron chi connectivity index (χ0n) is 11.2. The summed E-state index contributed by atoms with van der Waals surface area (Å²) >= 11 is 0. The molecule has 4 nitrogen and oxygen atoms in total. The van der Waals surface area contributed by atoms with Gasteiger partial charge in [0.1, 0.15) is 5.82 Å². The van der Waals surface area contributed by atoms with E-state index in [1.807, 2.05) is 13.0 Å². The molecule has 1 aliphatic carbocycles. The van der Waals surface area contributed by atoms with Crippen LogP contribution in [-0.4, -0.2) is 12.0 Å². The number of rotatable bonds is 2. The SMILES string of the molecule is Cc1ccc(NC(=NC2CCCCC2)NN)c(F)c1. The van der Waals surface area contributed by atoms with Crippen molar-refractivity contribution in [2.75, 3.05) is 5.32 Å². The normalized spacial score (nSPS) is 17.3. The van der Waals surface area contributed by atoms with Crippen molar-refractivity contribution < 1.29 is 4.39 Å². The van der Waals surface area contributed by atoms with Crippen LogP contribution in [0, 0.1) is 12.7 Å². The van der Waals surface area contributed by atoms with Crippen LogP contribution in [0.25, 0.3) is 0 Å². The molecular formula is C14H21FN4. The molecule has 0 aromatic heterocycles. The topological polar surface area (TPSA) is 62.4 Å². The van der Waals surface area contributed by atoms with Gasteiger partial charge in [-0.1, -0.05) is 25.3 Å². The molecule has 0 aliphatic heterocycles. The summed E-state index contributed by atoms with van der Waals surface area (Å²) in [5, 5.41) is 2.91. The lowest BCUT2D eigenvalue weighted by Crippen LogP contribution is -2.37. The molecule has 0 spiro atoms. The predicted molar refractivity (Wildman–Crippen MR) is 76.4 cm³/mol. The average Bonchev–Trinajstić information content (AvgIpc) is 2.42. The Balaban J connectivity index is 2.07. The highest BCUT2D eigenvalue weighted by Gasteiger charge is 2.13. The Labute approximate surface area is 113 Å². The van der Waals surface area contributed by atoms with E-state index in [0.717, 1.165) is 18.4 Å². The fourth-order valence-corrected chi connectivity index (χ4v) is 2.35. The molecule has 1 fully saturated rings. The molecule has 0 radical (unpaired) electrons. The molecule has 0 unspecified atom stereocenters. The van der Waals surface area contributed by atoms with Gasteiger partial charge in [0.2, 0.25) is 5.96 Å². The molecule has 4 N–H and O–H groups in total. The second-order valence-electron chi connectivity index (χ2n) is 5.02. The summed E-state index contributed by atoms with van der Waals surface area (Å²) in [6.07, 6.45) is 5.82. The number of hydrogen-bond donors (Lipinski definition) is 3. The highest BCUT2D eigenvalue weighted by molar-refractivity contribution is 5.93. The molecule has 104 valence electrons. The number of nitrogens with zero attached hydrogens (tertiary/aromatic N) is 1. The fraction of sp³-hybridized carbons (Fsp3) is 0.500. The lowest BCUT2D eigenvalue weighted by Gasteiger charge is -2.19. The van der Waals surface area contributed by atoms with Crippen LogP contribution in [-0.2, 0) is 0 Å². The first kappa shape index (κ1) is 13.8. The van der Waals surface area contributed by atoms with Crippen molar-refractivity contribution in [3.05, 3.63) is 29.6 Å². The van der Waals surface area contributed by atoms with Crippen LogP contribution >= 0.6 is 0 Å². The van der Waals surface area contributed by atoms with Gasteiger partial charge in [-0.15, -0.1) is 0 Å². The van der Waals surface area contributed by atoms with Crippen LogP contribution in [0.2, 0.25) is 0 Å². The molecule has 1 aliphatic rings. The van der Waals surface area contributed by atoms with Crippen molar-refractivity contribution in [3.8, 4) is 0 Å². The highest BCUT2D eigenvalue weighted by Crippen LogP contribution is 2.21. The Hall–Kier alpha value is -1.62. The molecule has 5 heteroatoms. The van der Waals surface area contributed by atoms with Crippen LogP contribution in [0.4, 0.5) is 10.1 Å². The van der Waals surface area contributed by atoms with E-state index in [4.69, 9.17) is 5.84 Å². The van der Waals surface area contributed by atoms with Crippen molar-refractivity contribution in [1.82, 2.24) is 5.43 Å². The first-order valence-corrected chi connectivity index (χ1v) is 6.76. The van der Waals surface area contributed by atoms with Crippen LogP contribution in [0.1, 0.15) is 37.7 Å². The Morgan fingerprint density at radius 1 is 1.32 bits per heavy atom. The second kappa shape index (κ2) is 6.52. The highest BCUT2D eigenvalue weighted by atomic mass is 19.1. The number of hydrazine groups is 1. The van der Waals surface area contributed by atoms with E-state index >= 15 is 0 Å². The minimum atomic E-state index is -0.299. The van der Waals surface area contributed by atoms with Gasteiger partial charge in [-0.05, 0) is 37.5 Å². The minimum Gasteiger partial charge on any atom is -0.323 e. The number of nitrogens with two attached hydrogens (primary N) is 1. The van der Waals surface area contributed by atoms with Gasteiger partial charge in [0.15, 0.2) is 0 Å². The van der Waals surface area contributed by atoms with E-state index < -0.39 is 0 Å². The summed E-state index contributed by atoms with van der Waals surface area (Å²) in [6.45, 7) is 1.85. The van der Waals surface area contributed by atoms with E-state index in [2.05, 4.69) is 15.7 Å². The van der Waals surface area contributed by atoms with Crippen LogP contribution < -0.4 is 16.6 Å². The second-order valence-corrected chi connectivity index (χ2v) is 5.02. The Bertz CT molecular complexity index is 453. The molecule has 2 rings (SSSR count). The quantitative estimate of drug-likeness (QED) is 0.333. The molecule has 1 aromatic rings. The number of benzene rings is 1. The maximum Gasteiger partial charge on any atom is 0.210 e. The molecule has 0 saturated heterocycles. The van der Waals surface area contributed by atoms with Gasteiger partial charge >= 0.3 is 0 Å². The number of hydrogen-bond acceptors (Lipinski definition) is 2. The van der Waals surface area contributed by atoms with Crippen molar-refractivity contribution in [2.45, 2.75) is 45.1 Å². The largest absolute Gasteiger partial charge is 0.323 e. The number of aliphatic imine (C=N–C) groups is 1. The maximum absolute atomic E-state index is 13.7. The molecule has 19 heavy (non-hydrogen) atoms. The molecule has 0 heterocycles. The monoisotopic (exact) mass is 264 g/mol. The van der Waals surface area contributed by atoms with Crippen molar-refractivity contribution in [1.29, 1.82) is 0 Å². The van der Waals surface area contributed by atoms with E-state index in [0.29, 0.717) is 11.6 Å². The zero-order valence-corrected chi connectivity index (χ0v) is 11.2. The van der Waals surface area contributed by atoms with Crippen LogP contribution in [0.5, 0.6) is 0 Å². The number of guanidine groups is 1. The molecule has 0 atom stereocenters. The summed E-state index contributed by atoms with van der Waals surface area (Å²) in [4.78, 5) is 4.52. The lowest BCUT2D eigenvalue weighted by molar-refractivity contribution is 0.442. The summed E-state index contributed by atoms with van der Waals surface area (Å²) in [5.41, 5.74) is 3.78. The van der Waals surface area contributed by atoms with Crippen molar-refractivity contribution in [3.63, 3.8) is 0 Å². The van der Waals surface area contributed by atoms with E-state index in [1.165, 1.54) is 25.3 Å². The van der Waals surface area contributed by atoms with Crippen molar-refractivity contribution >= 4 is 11.6 Å². The Kier molecular flexibility index (Phi) is 4.74. The Morgan fingerprint density at radius 2 is 2.05 bits per heavy atom. The molecule has 0 bridgehead atoms. The molecule has 1 saturated carbocycles. The number of anilines is 1. The van der Waals surface area contributed by atoms with E-state index in [9.17, 15) is 4.39 Å². The average molecular weight is 264 g/mol. The van der Waals surface area contributed by atoms with Gasteiger partial charge in [0, 0.05) is 0 Å². The Morgan fingerprint density at radius 3 is 2.68 bits per heavy atom. The third-order valence-corrected chi connectivity index (χ3v) is 3.40. The van der Waals surface area contributed by atoms with Gasteiger partial charge in [-0.3, -0.25) is 5.43 Å². The standard InChI is InChI=1S/C14H21FN4/c1-10-7-8-13(12(15)9-10)18-14(19-16)17-11-5-3-2-4-6-11/h7-9,11H,2-6,16H2,1H3,(H2,17,18,19). The summed E-state index contributed by atoms with van der Waals surface area (Å²) in [7, 11) is 0. The summed E-state index contributed by atoms with van der Waals surface area (Å²) in [6, 6.07) is 5.30. The van der Waals surface area contributed by atoms with Crippen LogP contribution in [0.3, 0.4) is 0 Å². The van der Waals surface area contributed by atoms with Crippen LogP contribution in [0.15, 0.2) is 23.2 Å². The maximum atomic E-state index is 13.7. The van der Waals surface area contributed by atoms with Gasteiger partial charge in [0.05, 0.1) is 11.7 Å². The van der Waals surface area contributed by atoms with Gasteiger partial charge < -0.3 is 5.32 Å². The first-order valence-electron chi connectivity index (χ1n) is 6.76. The van der Waals surface area contributed by atoms with Gasteiger partial charge in [-0.25, -0.2) is 15.2 Å². The predicted octanol–water partition coefficient (Wildman–Crippen LogP) is 2.70. The van der Waals surface area contributed by atoms with Gasteiger partial charge in [-0.2, -0.15) is 0 Å². The van der Waals surface area contributed by atoms with E-state index in [1.54, 1.807) is 6.07 Å². The van der Waals surface area contributed by atoms with E-state index in [-0.39, 0.29) is 11.9 Å². The summed E-state index contributed by atoms with van der Waals surface area (Å²) in [5.74, 6) is 5.58. The first-order chi connectivity index (χ1) is 9.19.